The van der Waals surface area contributed by atoms with Crippen molar-refractivity contribution >= 4 is 0 Å². The molecule has 1 heterocycles. The van der Waals surface area contributed by atoms with E-state index in [2.05, 4.69) is 51.0 Å². The number of hydrogen-bond acceptors (Lipinski definition) is 3. The third kappa shape index (κ3) is 2.93. The second-order valence-corrected chi connectivity index (χ2v) is 6.36. The Labute approximate surface area is 116 Å². The number of rotatable bonds is 5. The molecule has 0 saturated heterocycles. The molecule has 0 spiro atoms. The van der Waals surface area contributed by atoms with E-state index in [-0.39, 0.29) is 5.41 Å². The van der Waals surface area contributed by atoms with Gasteiger partial charge in [0.1, 0.15) is 5.75 Å². The molecule has 1 aromatic carbocycles. The fourth-order valence-corrected chi connectivity index (χ4v) is 3.33. The minimum atomic E-state index is 0.159. The van der Waals surface area contributed by atoms with E-state index in [9.17, 15) is 0 Å². The third-order valence-corrected chi connectivity index (χ3v) is 4.07. The van der Waals surface area contributed by atoms with Gasteiger partial charge in [-0.05, 0) is 49.7 Å². The number of ether oxygens (including phenoxy) is 1. The van der Waals surface area contributed by atoms with Gasteiger partial charge in [0.05, 0.1) is 6.61 Å². The topological polar surface area (TPSA) is 38.5 Å². The monoisotopic (exact) mass is 262 g/mol. The maximum atomic E-state index is 5.78. The fraction of sp³-hybridized carbons (Fsp3) is 0.625. The Morgan fingerprint density at radius 2 is 2.11 bits per heavy atom. The first-order chi connectivity index (χ1) is 8.95. The maximum absolute atomic E-state index is 5.78. The summed E-state index contributed by atoms with van der Waals surface area (Å²) in [6.45, 7) is 6.14. The Kier molecular flexibility index (Phi) is 4.16. The molecular formula is C16H26N2O. The van der Waals surface area contributed by atoms with E-state index in [4.69, 9.17) is 10.5 Å². The van der Waals surface area contributed by atoms with Crippen LogP contribution in [0.1, 0.15) is 37.4 Å². The Morgan fingerprint density at radius 3 is 2.74 bits per heavy atom. The Hall–Kier alpha value is -1.06. The molecule has 0 aliphatic carbocycles. The quantitative estimate of drug-likeness (QED) is 0.886. The second-order valence-electron chi connectivity index (χ2n) is 6.36. The SMILES string of the molecule is CN(C)C(c1ccc2c(c1)CCO2)C(C)(C)CCN. The molecule has 0 saturated carbocycles. The first kappa shape index (κ1) is 14.4. The van der Waals surface area contributed by atoms with Gasteiger partial charge >= 0.3 is 0 Å². The van der Waals surface area contributed by atoms with Crippen LogP contribution in [0.3, 0.4) is 0 Å². The lowest BCUT2D eigenvalue weighted by Gasteiger charge is -2.39. The van der Waals surface area contributed by atoms with Crippen molar-refractivity contribution in [2.45, 2.75) is 32.7 Å². The molecule has 1 unspecified atom stereocenters. The van der Waals surface area contributed by atoms with Crippen LogP contribution in [-0.2, 0) is 6.42 Å². The van der Waals surface area contributed by atoms with Gasteiger partial charge in [-0.2, -0.15) is 0 Å². The van der Waals surface area contributed by atoms with E-state index in [1.807, 2.05) is 0 Å². The normalized spacial score (nSPS) is 16.3. The molecule has 1 aliphatic rings. The third-order valence-electron chi connectivity index (χ3n) is 4.07. The van der Waals surface area contributed by atoms with Gasteiger partial charge < -0.3 is 15.4 Å². The van der Waals surface area contributed by atoms with Crippen molar-refractivity contribution in [3.05, 3.63) is 29.3 Å². The highest BCUT2D eigenvalue weighted by molar-refractivity contribution is 5.41. The predicted molar refractivity (Wildman–Crippen MR) is 79.5 cm³/mol. The number of nitrogens with zero attached hydrogens (tertiary/aromatic N) is 1. The van der Waals surface area contributed by atoms with Gasteiger partial charge in [-0.25, -0.2) is 0 Å². The Bertz CT molecular complexity index is 440. The van der Waals surface area contributed by atoms with Gasteiger partial charge in [-0.15, -0.1) is 0 Å². The van der Waals surface area contributed by atoms with Crippen LogP contribution < -0.4 is 10.5 Å². The first-order valence-corrected chi connectivity index (χ1v) is 7.08. The molecule has 1 atom stereocenters. The summed E-state index contributed by atoms with van der Waals surface area (Å²) in [4.78, 5) is 2.30. The minimum Gasteiger partial charge on any atom is -0.493 e. The van der Waals surface area contributed by atoms with Crippen LogP contribution in [0.4, 0.5) is 0 Å². The molecule has 1 aliphatic heterocycles. The molecule has 0 radical (unpaired) electrons. The number of fused-ring (bicyclic) bond motifs is 1. The summed E-state index contributed by atoms with van der Waals surface area (Å²) in [5.74, 6) is 1.05. The summed E-state index contributed by atoms with van der Waals surface area (Å²) in [6, 6.07) is 7.01. The smallest absolute Gasteiger partial charge is 0.122 e. The molecule has 0 fully saturated rings. The summed E-state index contributed by atoms with van der Waals surface area (Å²) in [5, 5.41) is 0. The molecule has 0 aromatic heterocycles. The Morgan fingerprint density at radius 1 is 1.37 bits per heavy atom. The molecule has 3 heteroatoms. The van der Waals surface area contributed by atoms with Crippen LogP contribution >= 0.6 is 0 Å². The van der Waals surface area contributed by atoms with E-state index >= 15 is 0 Å². The van der Waals surface area contributed by atoms with Crippen molar-refractivity contribution in [1.29, 1.82) is 0 Å². The highest BCUT2D eigenvalue weighted by Gasteiger charge is 2.32. The average Bonchev–Trinajstić information content (AvgIpc) is 2.75. The zero-order valence-electron chi connectivity index (χ0n) is 12.6. The average molecular weight is 262 g/mol. The van der Waals surface area contributed by atoms with Crippen molar-refractivity contribution in [3.63, 3.8) is 0 Å². The first-order valence-electron chi connectivity index (χ1n) is 7.08. The van der Waals surface area contributed by atoms with Crippen LogP contribution in [0.5, 0.6) is 5.75 Å². The minimum absolute atomic E-state index is 0.159. The molecule has 3 nitrogen and oxygen atoms in total. The van der Waals surface area contributed by atoms with E-state index in [0.717, 1.165) is 31.7 Å². The predicted octanol–water partition coefficient (Wildman–Crippen LogP) is 2.60. The fourth-order valence-electron chi connectivity index (χ4n) is 3.33. The van der Waals surface area contributed by atoms with Crippen molar-refractivity contribution in [2.24, 2.45) is 11.1 Å². The summed E-state index contributed by atoms with van der Waals surface area (Å²) >= 11 is 0. The van der Waals surface area contributed by atoms with Gasteiger partial charge in [0, 0.05) is 12.5 Å². The van der Waals surface area contributed by atoms with Gasteiger partial charge in [0.2, 0.25) is 0 Å². The summed E-state index contributed by atoms with van der Waals surface area (Å²) in [6.07, 6.45) is 2.05. The number of benzene rings is 1. The summed E-state index contributed by atoms with van der Waals surface area (Å²) in [5.41, 5.74) is 8.65. The highest BCUT2D eigenvalue weighted by Crippen LogP contribution is 2.41. The van der Waals surface area contributed by atoms with E-state index < -0.39 is 0 Å². The second kappa shape index (κ2) is 5.51. The van der Waals surface area contributed by atoms with Crippen LogP contribution in [0.15, 0.2) is 18.2 Å². The number of nitrogens with two attached hydrogens (primary N) is 1. The number of hydrogen-bond donors (Lipinski definition) is 1. The standard InChI is InChI=1S/C16H26N2O/c1-16(2,8-9-17)15(18(3)4)13-5-6-14-12(11-13)7-10-19-14/h5-6,11,15H,7-10,17H2,1-4H3. The molecule has 106 valence electrons. The van der Waals surface area contributed by atoms with Gasteiger partial charge in [-0.3, -0.25) is 0 Å². The zero-order valence-corrected chi connectivity index (χ0v) is 12.6. The molecule has 2 N–H and O–H groups in total. The summed E-state index contributed by atoms with van der Waals surface area (Å²) in [7, 11) is 4.29. The van der Waals surface area contributed by atoms with E-state index in [1.54, 1.807) is 0 Å². The van der Waals surface area contributed by atoms with Gasteiger partial charge in [0.15, 0.2) is 0 Å². The Balaban J connectivity index is 2.34. The van der Waals surface area contributed by atoms with Crippen molar-refractivity contribution in [2.75, 3.05) is 27.2 Å². The molecule has 0 amide bonds. The molecule has 0 bridgehead atoms. The van der Waals surface area contributed by atoms with Gasteiger partial charge in [-0.1, -0.05) is 26.0 Å². The van der Waals surface area contributed by atoms with Crippen LogP contribution in [0.25, 0.3) is 0 Å². The maximum Gasteiger partial charge on any atom is 0.122 e. The lowest BCUT2D eigenvalue weighted by molar-refractivity contribution is 0.128. The molecule has 19 heavy (non-hydrogen) atoms. The van der Waals surface area contributed by atoms with Crippen LogP contribution in [-0.4, -0.2) is 32.1 Å². The van der Waals surface area contributed by atoms with Crippen LogP contribution in [0, 0.1) is 5.41 Å². The van der Waals surface area contributed by atoms with Gasteiger partial charge in [0.25, 0.3) is 0 Å². The lowest BCUT2D eigenvalue weighted by Crippen LogP contribution is -2.35. The van der Waals surface area contributed by atoms with Crippen molar-refractivity contribution in [1.82, 2.24) is 4.90 Å². The molecular weight excluding hydrogens is 236 g/mol. The van der Waals surface area contributed by atoms with E-state index in [1.165, 1.54) is 11.1 Å². The summed E-state index contributed by atoms with van der Waals surface area (Å²) < 4.78 is 5.59. The van der Waals surface area contributed by atoms with Crippen molar-refractivity contribution in [3.8, 4) is 5.75 Å². The molecule has 2 rings (SSSR count). The zero-order chi connectivity index (χ0) is 14.0. The van der Waals surface area contributed by atoms with Crippen LogP contribution in [0.2, 0.25) is 0 Å². The molecule has 1 aromatic rings. The largest absolute Gasteiger partial charge is 0.493 e. The highest BCUT2D eigenvalue weighted by atomic mass is 16.5. The van der Waals surface area contributed by atoms with Crippen molar-refractivity contribution < 1.29 is 4.74 Å². The lowest BCUT2D eigenvalue weighted by atomic mass is 9.77. The van der Waals surface area contributed by atoms with E-state index in [0.29, 0.717) is 6.04 Å².